The normalized spacial score (nSPS) is 11.5. The summed E-state index contributed by atoms with van der Waals surface area (Å²) in [6.45, 7) is 1.51. The summed E-state index contributed by atoms with van der Waals surface area (Å²) in [4.78, 5) is 14.9. The van der Waals surface area contributed by atoms with Crippen molar-refractivity contribution in [2.45, 2.75) is 19.5 Å². The molecule has 0 radical (unpaired) electrons. The highest BCUT2D eigenvalue weighted by molar-refractivity contribution is 5.90. The van der Waals surface area contributed by atoms with E-state index in [2.05, 4.69) is 4.98 Å². The minimum atomic E-state index is -4.50. The number of pyridine rings is 1. The Morgan fingerprint density at radius 3 is 2.45 bits per heavy atom. The molecule has 1 N–H and O–H groups in total. The van der Waals surface area contributed by atoms with Crippen molar-refractivity contribution in [1.82, 2.24) is 4.98 Å². The molecule has 0 saturated carbocycles. The molecule has 0 unspecified atom stereocenters. The van der Waals surface area contributed by atoms with Gasteiger partial charge in [-0.25, -0.2) is 9.18 Å². The number of hydrogen-bond donors (Lipinski definition) is 1. The highest BCUT2D eigenvalue weighted by Gasteiger charge is 2.29. The van der Waals surface area contributed by atoms with Crippen LogP contribution < -0.4 is 0 Å². The van der Waals surface area contributed by atoms with Crippen molar-refractivity contribution in [3.8, 4) is 11.1 Å². The summed E-state index contributed by atoms with van der Waals surface area (Å²) in [6, 6.07) is 4.60. The van der Waals surface area contributed by atoms with Crippen LogP contribution >= 0.6 is 0 Å². The maximum atomic E-state index is 13.8. The molecule has 0 bridgehead atoms. The van der Waals surface area contributed by atoms with Gasteiger partial charge < -0.3 is 5.11 Å². The van der Waals surface area contributed by atoms with E-state index in [1.54, 1.807) is 0 Å². The van der Waals surface area contributed by atoms with Gasteiger partial charge in [0.15, 0.2) is 0 Å². The van der Waals surface area contributed by atoms with Crippen LogP contribution in [0.2, 0.25) is 0 Å². The van der Waals surface area contributed by atoms with Crippen LogP contribution in [0.4, 0.5) is 17.6 Å². The fraction of sp³-hybridized carbons (Fsp3) is 0.200. The van der Waals surface area contributed by atoms with Crippen LogP contribution in [0.25, 0.3) is 11.1 Å². The van der Waals surface area contributed by atoms with E-state index in [0.29, 0.717) is 11.3 Å². The van der Waals surface area contributed by atoms with E-state index in [1.165, 1.54) is 25.3 Å². The van der Waals surface area contributed by atoms with Gasteiger partial charge in [-0.2, -0.15) is 13.2 Å². The van der Waals surface area contributed by atoms with Crippen molar-refractivity contribution in [3.05, 3.63) is 53.1 Å². The van der Waals surface area contributed by atoms with Crippen LogP contribution in [0, 0.1) is 12.7 Å². The molecule has 7 heteroatoms. The molecule has 2 aromatic rings. The molecule has 1 aromatic heterocycles. The number of nitrogens with zero attached hydrogens (tertiary/aromatic N) is 1. The summed E-state index contributed by atoms with van der Waals surface area (Å²) < 4.78 is 50.6. The smallest absolute Gasteiger partial charge is 0.393 e. The average molecular weight is 313 g/mol. The van der Waals surface area contributed by atoms with Gasteiger partial charge in [-0.05, 0) is 30.2 Å². The van der Waals surface area contributed by atoms with E-state index in [4.69, 9.17) is 5.11 Å². The van der Waals surface area contributed by atoms with Crippen LogP contribution in [0.15, 0.2) is 30.5 Å². The number of benzene rings is 1. The van der Waals surface area contributed by atoms with Crippen LogP contribution in [-0.4, -0.2) is 22.2 Å². The molecule has 3 nitrogen and oxygen atoms in total. The van der Waals surface area contributed by atoms with Gasteiger partial charge in [0.1, 0.15) is 5.82 Å². The summed E-state index contributed by atoms with van der Waals surface area (Å²) in [5, 5.41) is 9.02. The Kier molecular flexibility index (Phi) is 4.16. The number of carboxylic acids is 1. The number of aromatic carboxylic acids is 1. The predicted molar refractivity (Wildman–Crippen MR) is 71.1 cm³/mol. The zero-order valence-corrected chi connectivity index (χ0v) is 11.4. The Labute approximate surface area is 123 Å². The second-order valence-electron chi connectivity index (χ2n) is 4.76. The van der Waals surface area contributed by atoms with Gasteiger partial charge in [0.2, 0.25) is 0 Å². The third-order valence-electron chi connectivity index (χ3n) is 3.09. The van der Waals surface area contributed by atoms with Crippen molar-refractivity contribution < 1.29 is 27.5 Å². The van der Waals surface area contributed by atoms with Gasteiger partial charge in [-0.1, -0.05) is 12.1 Å². The first kappa shape index (κ1) is 15.9. The summed E-state index contributed by atoms with van der Waals surface area (Å²) in [7, 11) is 0. The Hall–Kier alpha value is -2.44. The number of aryl methyl sites for hydroxylation is 1. The number of carbonyl (C=O) groups is 1. The van der Waals surface area contributed by atoms with E-state index in [-0.39, 0.29) is 11.1 Å². The highest BCUT2D eigenvalue weighted by Crippen LogP contribution is 2.27. The zero-order valence-electron chi connectivity index (χ0n) is 11.4. The summed E-state index contributed by atoms with van der Waals surface area (Å²) in [5.41, 5.74) is 0.372. The van der Waals surface area contributed by atoms with E-state index in [0.717, 1.165) is 12.1 Å². The summed E-state index contributed by atoms with van der Waals surface area (Å²) in [6.07, 6.45) is -4.50. The molecule has 0 aliphatic heterocycles. The fourth-order valence-electron chi connectivity index (χ4n) is 1.99. The second-order valence-corrected chi connectivity index (χ2v) is 4.76. The van der Waals surface area contributed by atoms with Crippen molar-refractivity contribution in [2.75, 3.05) is 0 Å². The third kappa shape index (κ3) is 3.60. The van der Waals surface area contributed by atoms with Crippen LogP contribution in [0.5, 0.6) is 0 Å². The molecular weight excluding hydrogens is 302 g/mol. The molecule has 1 aromatic carbocycles. The van der Waals surface area contributed by atoms with Crippen LogP contribution in [0.3, 0.4) is 0 Å². The molecule has 0 aliphatic carbocycles. The number of carboxylic acid groups (broad SMARTS) is 1. The standard InChI is InChI=1S/C15H11F4NO2/c1-8-12(14(21)22)4-11(7-20-8)9-2-3-10(13(16)5-9)6-15(17,18)19/h2-5,7H,6H2,1H3,(H,21,22). The first-order valence-corrected chi connectivity index (χ1v) is 6.23. The van der Waals surface area contributed by atoms with Gasteiger partial charge in [0, 0.05) is 11.8 Å². The molecule has 2 rings (SSSR count). The molecule has 0 spiro atoms. The molecule has 0 atom stereocenters. The quantitative estimate of drug-likeness (QED) is 0.871. The Balaban J connectivity index is 2.40. The van der Waals surface area contributed by atoms with Crippen LogP contribution in [0.1, 0.15) is 21.6 Å². The maximum absolute atomic E-state index is 13.8. The van der Waals surface area contributed by atoms with Gasteiger partial charge in [0.05, 0.1) is 17.7 Å². The molecular formula is C15H11F4NO2. The lowest BCUT2D eigenvalue weighted by molar-refractivity contribution is -0.127. The summed E-state index contributed by atoms with van der Waals surface area (Å²) >= 11 is 0. The third-order valence-corrected chi connectivity index (χ3v) is 3.09. The lowest BCUT2D eigenvalue weighted by Crippen LogP contribution is -2.12. The number of halogens is 4. The molecule has 1 heterocycles. The molecule has 0 saturated heterocycles. The van der Waals surface area contributed by atoms with E-state index < -0.39 is 29.9 Å². The first-order valence-electron chi connectivity index (χ1n) is 6.23. The monoisotopic (exact) mass is 313 g/mol. The van der Waals surface area contributed by atoms with Crippen molar-refractivity contribution in [1.29, 1.82) is 0 Å². The predicted octanol–water partition coefficient (Wildman–Crippen LogP) is 4.00. The van der Waals surface area contributed by atoms with Gasteiger partial charge in [-0.3, -0.25) is 4.98 Å². The van der Waals surface area contributed by atoms with Crippen LogP contribution in [-0.2, 0) is 6.42 Å². The lowest BCUT2D eigenvalue weighted by atomic mass is 10.0. The lowest BCUT2D eigenvalue weighted by Gasteiger charge is -2.10. The summed E-state index contributed by atoms with van der Waals surface area (Å²) in [5.74, 6) is -2.17. The van der Waals surface area contributed by atoms with Gasteiger partial charge in [-0.15, -0.1) is 0 Å². The first-order chi connectivity index (χ1) is 10.2. The molecule has 116 valence electrons. The van der Waals surface area contributed by atoms with E-state index in [9.17, 15) is 22.4 Å². The Morgan fingerprint density at radius 2 is 1.91 bits per heavy atom. The minimum absolute atomic E-state index is 0.0442. The van der Waals surface area contributed by atoms with Gasteiger partial charge in [0.25, 0.3) is 0 Å². The van der Waals surface area contributed by atoms with E-state index >= 15 is 0 Å². The SMILES string of the molecule is Cc1ncc(-c2ccc(CC(F)(F)F)c(F)c2)cc1C(=O)O. The fourth-order valence-corrected chi connectivity index (χ4v) is 1.99. The topological polar surface area (TPSA) is 50.2 Å². The van der Waals surface area contributed by atoms with Crippen molar-refractivity contribution in [3.63, 3.8) is 0 Å². The zero-order chi connectivity index (χ0) is 16.5. The molecule has 0 amide bonds. The number of hydrogen-bond acceptors (Lipinski definition) is 2. The largest absolute Gasteiger partial charge is 0.478 e. The van der Waals surface area contributed by atoms with Crippen molar-refractivity contribution >= 4 is 5.97 Å². The van der Waals surface area contributed by atoms with Crippen molar-refractivity contribution in [2.24, 2.45) is 0 Å². The molecule has 0 aliphatic rings. The highest BCUT2D eigenvalue weighted by atomic mass is 19.4. The second kappa shape index (κ2) is 5.75. The maximum Gasteiger partial charge on any atom is 0.393 e. The molecule has 0 fully saturated rings. The average Bonchev–Trinajstić information content (AvgIpc) is 2.40. The molecule has 22 heavy (non-hydrogen) atoms. The number of aromatic nitrogens is 1. The Morgan fingerprint density at radius 1 is 1.23 bits per heavy atom. The van der Waals surface area contributed by atoms with E-state index in [1.807, 2.05) is 0 Å². The minimum Gasteiger partial charge on any atom is -0.478 e. The van der Waals surface area contributed by atoms with Gasteiger partial charge >= 0.3 is 12.1 Å². The number of alkyl halides is 3. The number of rotatable bonds is 3. The Bertz CT molecular complexity index is 726.